The van der Waals surface area contributed by atoms with E-state index in [9.17, 15) is 0 Å². The van der Waals surface area contributed by atoms with E-state index < -0.39 is 0 Å². The molecular weight excluding hydrogens is 192 g/mol. The van der Waals surface area contributed by atoms with Gasteiger partial charge in [0.15, 0.2) is 0 Å². The Labute approximate surface area is 102 Å². The van der Waals surface area contributed by atoms with E-state index in [1.165, 1.54) is 22.3 Å². The fraction of sp³-hybridized carbons (Fsp3) is 0.500. The molecule has 0 bridgehead atoms. The average molecular weight is 220 g/mol. The number of hydrogen-bond donors (Lipinski definition) is 0. The van der Waals surface area contributed by atoms with Crippen molar-refractivity contribution in [2.45, 2.75) is 54.4 Å². The second kappa shape index (κ2) is 10.5. The first kappa shape index (κ1) is 17.4. The minimum atomic E-state index is 1.03. The van der Waals surface area contributed by atoms with E-state index >= 15 is 0 Å². The molecule has 0 aromatic rings. The van der Waals surface area contributed by atoms with E-state index in [2.05, 4.69) is 53.0 Å². The zero-order valence-electron chi connectivity index (χ0n) is 12.0. The summed E-state index contributed by atoms with van der Waals surface area (Å²) in [5, 5.41) is 0. The minimum absolute atomic E-state index is 1.03. The van der Waals surface area contributed by atoms with Gasteiger partial charge in [-0.25, -0.2) is 0 Å². The lowest BCUT2D eigenvalue weighted by Gasteiger charge is -1.95. The SMILES string of the molecule is C=C(C)C/C(C)=C/C.C=C(C)CC=C(C)C. The molecule has 0 nitrogen and oxygen atoms in total. The third-order valence-corrected chi connectivity index (χ3v) is 1.93. The molecule has 0 aliphatic carbocycles. The maximum absolute atomic E-state index is 3.80. The summed E-state index contributed by atoms with van der Waals surface area (Å²) < 4.78 is 0. The summed E-state index contributed by atoms with van der Waals surface area (Å²) in [6.45, 7) is 20.0. The molecule has 0 spiro atoms. The maximum atomic E-state index is 3.80. The molecule has 0 heterocycles. The van der Waals surface area contributed by atoms with Crippen molar-refractivity contribution in [3.63, 3.8) is 0 Å². The molecule has 0 saturated heterocycles. The van der Waals surface area contributed by atoms with Crippen LogP contribution in [0.15, 0.2) is 47.6 Å². The van der Waals surface area contributed by atoms with E-state index in [0.717, 1.165) is 12.8 Å². The topological polar surface area (TPSA) is 0 Å². The zero-order chi connectivity index (χ0) is 13.1. The second-order valence-corrected chi connectivity index (χ2v) is 4.71. The molecule has 92 valence electrons. The lowest BCUT2D eigenvalue weighted by molar-refractivity contribution is 1.11. The monoisotopic (exact) mass is 220 g/mol. The molecule has 0 N–H and O–H groups in total. The number of hydrogen-bond acceptors (Lipinski definition) is 0. The first-order valence-corrected chi connectivity index (χ1v) is 5.83. The Morgan fingerprint density at radius 1 is 0.938 bits per heavy atom. The summed E-state index contributed by atoms with van der Waals surface area (Å²) in [4.78, 5) is 0. The Hall–Kier alpha value is -1.04. The summed E-state index contributed by atoms with van der Waals surface area (Å²) in [6, 6.07) is 0. The average Bonchev–Trinajstić information content (AvgIpc) is 2.14. The summed E-state index contributed by atoms with van der Waals surface area (Å²) in [5.41, 5.74) is 5.23. The van der Waals surface area contributed by atoms with Gasteiger partial charge in [0.1, 0.15) is 0 Å². The van der Waals surface area contributed by atoms with Crippen molar-refractivity contribution in [2.75, 3.05) is 0 Å². The van der Waals surface area contributed by atoms with Crippen LogP contribution in [0.1, 0.15) is 54.4 Å². The standard InChI is InChI=1S/2C8H14/c1-7(2)5-6-8(3)4;1-5-8(4)6-7(2)3/h6H,1,5H2,2-4H3;5H,2,6H2,1,3-4H3/b;8-5+. The molecule has 0 radical (unpaired) electrons. The lowest BCUT2D eigenvalue weighted by atomic mass is 10.1. The number of rotatable bonds is 4. The van der Waals surface area contributed by atoms with Crippen LogP contribution in [0, 0.1) is 0 Å². The van der Waals surface area contributed by atoms with Gasteiger partial charge >= 0.3 is 0 Å². The Bertz CT molecular complexity index is 270. The molecule has 0 fully saturated rings. The summed E-state index contributed by atoms with van der Waals surface area (Å²) >= 11 is 0. The zero-order valence-corrected chi connectivity index (χ0v) is 12.0. The van der Waals surface area contributed by atoms with Crippen LogP contribution in [0.4, 0.5) is 0 Å². The van der Waals surface area contributed by atoms with E-state index in [0.29, 0.717) is 0 Å². The van der Waals surface area contributed by atoms with Crippen LogP contribution >= 0.6 is 0 Å². The van der Waals surface area contributed by atoms with Crippen molar-refractivity contribution >= 4 is 0 Å². The molecule has 0 aliphatic heterocycles. The third-order valence-electron chi connectivity index (χ3n) is 1.93. The van der Waals surface area contributed by atoms with Gasteiger partial charge in [-0.3, -0.25) is 0 Å². The predicted octanol–water partition coefficient (Wildman–Crippen LogP) is 5.84. The van der Waals surface area contributed by atoms with Crippen molar-refractivity contribution in [1.82, 2.24) is 0 Å². The summed E-state index contributed by atoms with van der Waals surface area (Å²) in [7, 11) is 0. The quantitative estimate of drug-likeness (QED) is 0.522. The second-order valence-electron chi connectivity index (χ2n) is 4.71. The Kier molecular flexibility index (Phi) is 11.4. The molecule has 16 heavy (non-hydrogen) atoms. The highest BCUT2D eigenvalue weighted by Gasteiger charge is 1.85. The van der Waals surface area contributed by atoms with Crippen LogP contribution in [0.2, 0.25) is 0 Å². The van der Waals surface area contributed by atoms with Crippen molar-refractivity contribution < 1.29 is 0 Å². The molecule has 0 unspecified atom stereocenters. The highest BCUT2D eigenvalue weighted by atomic mass is 13.9. The van der Waals surface area contributed by atoms with Gasteiger partial charge in [0, 0.05) is 0 Å². The molecule has 0 amide bonds. The van der Waals surface area contributed by atoms with Gasteiger partial charge in [-0.2, -0.15) is 0 Å². The smallest absolute Gasteiger partial charge is 0.0117 e. The van der Waals surface area contributed by atoms with Crippen LogP contribution in [0.25, 0.3) is 0 Å². The van der Waals surface area contributed by atoms with Gasteiger partial charge in [0.25, 0.3) is 0 Å². The molecule has 0 saturated carbocycles. The first-order chi connectivity index (χ1) is 7.29. The fourth-order valence-electron chi connectivity index (χ4n) is 0.956. The fourth-order valence-corrected chi connectivity index (χ4v) is 0.956. The largest absolute Gasteiger partial charge is 0.0998 e. The minimum Gasteiger partial charge on any atom is -0.0998 e. The highest BCUT2D eigenvalue weighted by molar-refractivity contribution is 5.07. The van der Waals surface area contributed by atoms with Crippen molar-refractivity contribution in [3.05, 3.63) is 47.6 Å². The van der Waals surface area contributed by atoms with E-state index in [4.69, 9.17) is 0 Å². The lowest BCUT2D eigenvalue weighted by Crippen LogP contribution is -1.75. The van der Waals surface area contributed by atoms with Crippen LogP contribution in [-0.2, 0) is 0 Å². The van der Waals surface area contributed by atoms with Gasteiger partial charge in [-0.1, -0.05) is 47.6 Å². The normalized spacial score (nSPS) is 10.0. The van der Waals surface area contributed by atoms with Gasteiger partial charge in [0.05, 0.1) is 0 Å². The van der Waals surface area contributed by atoms with Crippen molar-refractivity contribution in [2.24, 2.45) is 0 Å². The van der Waals surface area contributed by atoms with E-state index in [-0.39, 0.29) is 0 Å². The molecule has 0 aromatic heterocycles. The van der Waals surface area contributed by atoms with Crippen LogP contribution in [0.5, 0.6) is 0 Å². The van der Waals surface area contributed by atoms with Gasteiger partial charge in [-0.15, -0.1) is 0 Å². The van der Waals surface area contributed by atoms with E-state index in [1.54, 1.807) is 0 Å². The van der Waals surface area contributed by atoms with Gasteiger partial charge in [0.2, 0.25) is 0 Å². The Balaban J connectivity index is 0. The highest BCUT2D eigenvalue weighted by Crippen LogP contribution is 2.05. The molecular formula is C16H28. The van der Waals surface area contributed by atoms with Crippen molar-refractivity contribution in [3.8, 4) is 0 Å². The molecule has 0 heteroatoms. The Morgan fingerprint density at radius 3 is 1.56 bits per heavy atom. The van der Waals surface area contributed by atoms with Gasteiger partial charge < -0.3 is 0 Å². The van der Waals surface area contributed by atoms with E-state index in [1.807, 2.05) is 13.8 Å². The predicted molar refractivity (Wildman–Crippen MR) is 77.7 cm³/mol. The molecule has 0 aromatic carbocycles. The molecule has 0 aliphatic rings. The van der Waals surface area contributed by atoms with Gasteiger partial charge in [-0.05, 0) is 54.4 Å². The van der Waals surface area contributed by atoms with Crippen LogP contribution in [0.3, 0.4) is 0 Å². The molecule has 0 atom stereocenters. The van der Waals surface area contributed by atoms with Crippen LogP contribution in [-0.4, -0.2) is 0 Å². The maximum Gasteiger partial charge on any atom is -0.0117 e. The first-order valence-electron chi connectivity index (χ1n) is 5.83. The van der Waals surface area contributed by atoms with Crippen molar-refractivity contribution in [1.29, 1.82) is 0 Å². The summed E-state index contributed by atoms with van der Waals surface area (Å²) in [5.74, 6) is 0. The Morgan fingerprint density at radius 2 is 1.44 bits per heavy atom. The summed E-state index contributed by atoms with van der Waals surface area (Å²) in [6.07, 6.45) is 6.38. The number of allylic oxidation sites excluding steroid dienone is 6. The molecule has 0 rings (SSSR count). The third kappa shape index (κ3) is 18.7. The van der Waals surface area contributed by atoms with Crippen LogP contribution < -0.4 is 0 Å².